The predicted octanol–water partition coefficient (Wildman–Crippen LogP) is 3.57. The van der Waals surface area contributed by atoms with Crippen molar-refractivity contribution in [1.29, 1.82) is 0 Å². The van der Waals surface area contributed by atoms with Gasteiger partial charge in [-0.1, -0.05) is 41.3 Å². The van der Waals surface area contributed by atoms with Gasteiger partial charge in [0, 0.05) is 16.7 Å². The van der Waals surface area contributed by atoms with E-state index in [1.54, 1.807) is 13.8 Å². The monoisotopic (exact) mass is 405 g/mol. The number of thioether (sulfide) groups is 1. The molecule has 1 N–H and O–H groups in total. The second-order valence-corrected chi connectivity index (χ2v) is 8.41. The quantitative estimate of drug-likeness (QED) is 0.474. The van der Waals surface area contributed by atoms with Gasteiger partial charge in [0.05, 0.1) is 6.10 Å². The van der Waals surface area contributed by atoms with Crippen molar-refractivity contribution in [1.82, 2.24) is 15.5 Å². The Bertz CT molecular complexity index is 965. The molecule has 3 aromatic rings. The van der Waals surface area contributed by atoms with Gasteiger partial charge < -0.3 is 14.5 Å². The van der Waals surface area contributed by atoms with Crippen LogP contribution in [0.15, 0.2) is 33.0 Å². The molecule has 3 rings (SSSR count). The Morgan fingerprint density at radius 1 is 1.30 bits per heavy atom. The van der Waals surface area contributed by atoms with Crippen LogP contribution in [0.1, 0.15) is 35.0 Å². The van der Waals surface area contributed by atoms with Crippen molar-refractivity contribution >= 4 is 45.9 Å². The highest BCUT2D eigenvalue weighted by atomic mass is 32.2. The van der Waals surface area contributed by atoms with Crippen LogP contribution in [-0.2, 0) is 15.3 Å². The highest BCUT2D eigenvalue weighted by Crippen LogP contribution is 2.33. The first-order chi connectivity index (χ1) is 12.9. The average Bonchev–Trinajstić information content (AvgIpc) is 3.20. The molecule has 2 aromatic heterocycles. The molecule has 0 fully saturated rings. The van der Waals surface area contributed by atoms with Crippen molar-refractivity contribution in [3.63, 3.8) is 0 Å². The molecule has 7 nitrogen and oxygen atoms in total. The number of aromatic nitrogens is 2. The van der Waals surface area contributed by atoms with Gasteiger partial charge in [-0.15, -0.1) is 10.2 Å². The highest BCUT2D eigenvalue weighted by molar-refractivity contribution is 8.00. The number of furan rings is 1. The van der Waals surface area contributed by atoms with Crippen LogP contribution in [0.3, 0.4) is 0 Å². The topological polar surface area (TPSA) is 94.3 Å². The summed E-state index contributed by atoms with van der Waals surface area (Å²) in [4.78, 5) is 24.3. The van der Waals surface area contributed by atoms with Crippen LogP contribution in [0.4, 0.5) is 0 Å². The molecule has 1 amide bonds. The molecule has 0 saturated carbocycles. The van der Waals surface area contributed by atoms with Gasteiger partial charge in [-0.2, -0.15) is 0 Å². The molecule has 0 spiro atoms. The number of para-hydroxylation sites is 1. The maximum atomic E-state index is 12.6. The van der Waals surface area contributed by atoms with Crippen molar-refractivity contribution in [2.45, 2.75) is 37.0 Å². The van der Waals surface area contributed by atoms with E-state index in [0.717, 1.165) is 20.3 Å². The molecular weight excluding hydrogens is 386 g/mol. The number of amides is 1. The minimum Gasteiger partial charge on any atom is -0.462 e. The van der Waals surface area contributed by atoms with E-state index in [2.05, 4.69) is 15.5 Å². The molecule has 0 aliphatic rings. The fourth-order valence-corrected chi connectivity index (χ4v) is 4.28. The van der Waals surface area contributed by atoms with Crippen LogP contribution in [0, 0.1) is 6.92 Å². The van der Waals surface area contributed by atoms with Crippen LogP contribution in [0.2, 0.25) is 0 Å². The summed E-state index contributed by atoms with van der Waals surface area (Å²) in [5.41, 5.74) is 1.38. The molecule has 142 valence electrons. The number of rotatable bonds is 7. The number of carbonyl (C=O) groups excluding carboxylic acids is 2. The zero-order valence-corrected chi connectivity index (χ0v) is 16.8. The van der Waals surface area contributed by atoms with Gasteiger partial charge in [0.25, 0.3) is 5.91 Å². The Hall–Kier alpha value is -2.39. The molecule has 1 aromatic carbocycles. The molecule has 27 heavy (non-hydrogen) atoms. The lowest BCUT2D eigenvalue weighted by atomic mass is 10.1. The zero-order chi connectivity index (χ0) is 19.4. The summed E-state index contributed by atoms with van der Waals surface area (Å²) in [7, 11) is 0. The molecule has 0 atom stereocenters. The molecule has 0 unspecified atom stereocenters. The Kier molecular flexibility index (Phi) is 6.12. The van der Waals surface area contributed by atoms with E-state index in [4.69, 9.17) is 9.15 Å². The van der Waals surface area contributed by atoms with Crippen molar-refractivity contribution < 1.29 is 18.7 Å². The summed E-state index contributed by atoms with van der Waals surface area (Å²) in [6.07, 6.45) is -0.233. The summed E-state index contributed by atoms with van der Waals surface area (Å²) in [6, 6.07) is 7.45. The standard InChI is InChI=1S/C18H19N3O4S2/c1-10(2)24-15(22)8-19-17(23)16-13(9-26-18-21-20-11(3)27-18)12-6-4-5-7-14(12)25-16/h4-7,10H,8-9H2,1-3H3,(H,19,23). The van der Waals surface area contributed by atoms with E-state index >= 15 is 0 Å². The molecule has 0 saturated heterocycles. The van der Waals surface area contributed by atoms with Gasteiger partial charge in [0.2, 0.25) is 0 Å². The fourth-order valence-electron chi connectivity index (χ4n) is 2.43. The number of carbonyl (C=O) groups is 2. The first-order valence-electron chi connectivity index (χ1n) is 8.35. The summed E-state index contributed by atoms with van der Waals surface area (Å²) in [6.45, 7) is 5.19. The van der Waals surface area contributed by atoms with E-state index < -0.39 is 11.9 Å². The number of hydrogen-bond acceptors (Lipinski definition) is 8. The Morgan fingerprint density at radius 3 is 2.78 bits per heavy atom. The first-order valence-corrected chi connectivity index (χ1v) is 10.1. The Labute approximate surface area is 164 Å². The smallest absolute Gasteiger partial charge is 0.325 e. The van der Waals surface area contributed by atoms with Crippen molar-refractivity contribution in [2.75, 3.05) is 6.54 Å². The summed E-state index contributed by atoms with van der Waals surface area (Å²) in [5.74, 6) is -0.238. The fraction of sp³-hybridized carbons (Fsp3) is 0.333. The summed E-state index contributed by atoms with van der Waals surface area (Å²) >= 11 is 2.99. The van der Waals surface area contributed by atoms with Crippen LogP contribution < -0.4 is 5.32 Å². The summed E-state index contributed by atoms with van der Waals surface area (Å²) in [5, 5.41) is 12.4. The maximum absolute atomic E-state index is 12.6. The van der Waals surface area contributed by atoms with E-state index in [0.29, 0.717) is 11.3 Å². The van der Waals surface area contributed by atoms with Crippen LogP contribution >= 0.6 is 23.1 Å². The largest absolute Gasteiger partial charge is 0.462 e. The number of esters is 1. The number of hydrogen-bond donors (Lipinski definition) is 1. The predicted molar refractivity (Wildman–Crippen MR) is 104 cm³/mol. The lowest BCUT2D eigenvalue weighted by Gasteiger charge is -2.08. The van der Waals surface area contributed by atoms with Gasteiger partial charge in [-0.25, -0.2) is 0 Å². The molecular formula is C18H19N3O4S2. The van der Waals surface area contributed by atoms with Gasteiger partial charge in [0.1, 0.15) is 17.1 Å². The molecule has 0 aliphatic carbocycles. The third-order valence-corrected chi connectivity index (χ3v) is 5.51. The SMILES string of the molecule is Cc1nnc(SCc2c(C(=O)NCC(=O)OC(C)C)oc3ccccc23)s1. The highest BCUT2D eigenvalue weighted by Gasteiger charge is 2.22. The maximum Gasteiger partial charge on any atom is 0.325 e. The second-order valence-electron chi connectivity index (χ2n) is 6.00. The number of nitrogens with zero attached hydrogens (tertiary/aromatic N) is 2. The van der Waals surface area contributed by atoms with Crippen molar-refractivity contribution in [3.8, 4) is 0 Å². The van der Waals surface area contributed by atoms with Gasteiger partial charge in [-0.3, -0.25) is 9.59 Å². The lowest BCUT2D eigenvalue weighted by Crippen LogP contribution is -2.31. The second kappa shape index (κ2) is 8.53. The van der Waals surface area contributed by atoms with Crippen molar-refractivity contribution in [2.24, 2.45) is 0 Å². The van der Waals surface area contributed by atoms with Crippen LogP contribution in [0.25, 0.3) is 11.0 Å². The van der Waals surface area contributed by atoms with E-state index in [-0.39, 0.29) is 18.4 Å². The van der Waals surface area contributed by atoms with E-state index in [1.165, 1.54) is 23.1 Å². The average molecular weight is 406 g/mol. The van der Waals surface area contributed by atoms with Gasteiger partial charge in [0.15, 0.2) is 10.1 Å². The molecule has 0 radical (unpaired) electrons. The normalized spacial score (nSPS) is 11.1. The molecule has 2 heterocycles. The third kappa shape index (κ3) is 4.86. The van der Waals surface area contributed by atoms with Crippen LogP contribution in [-0.4, -0.2) is 34.7 Å². The number of ether oxygens (including phenoxy) is 1. The molecule has 0 aliphatic heterocycles. The number of aryl methyl sites for hydroxylation is 1. The first kappa shape index (κ1) is 19.4. The number of benzene rings is 1. The van der Waals surface area contributed by atoms with Gasteiger partial charge >= 0.3 is 5.97 Å². The summed E-state index contributed by atoms with van der Waals surface area (Å²) < 4.78 is 11.6. The van der Waals surface area contributed by atoms with Gasteiger partial charge in [-0.05, 0) is 26.8 Å². The third-order valence-electron chi connectivity index (χ3n) is 3.51. The molecule has 9 heteroatoms. The Morgan fingerprint density at radius 2 is 2.07 bits per heavy atom. The van der Waals surface area contributed by atoms with Crippen LogP contribution in [0.5, 0.6) is 0 Å². The Balaban J connectivity index is 1.79. The van der Waals surface area contributed by atoms with E-state index in [9.17, 15) is 9.59 Å². The zero-order valence-electron chi connectivity index (χ0n) is 15.1. The minimum absolute atomic E-state index is 0.197. The molecule has 0 bridgehead atoms. The lowest BCUT2D eigenvalue weighted by molar-refractivity contribution is -0.146. The number of nitrogens with one attached hydrogen (secondary N) is 1. The number of fused-ring (bicyclic) bond motifs is 1. The van der Waals surface area contributed by atoms with Crippen molar-refractivity contribution in [3.05, 3.63) is 40.6 Å². The van der Waals surface area contributed by atoms with E-state index in [1.807, 2.05) is 31.2 Å². The minimum atomic E-state index is -0.491.